The van der Waals surface area contributed by atoms with E-state index in [4.69, 9.17) is 19.0 Å². The largest absolute Gasteiger partial charge is 0.717 e. The molecule has 146 valence electrons. The normalized spacial score (nSPS) is 13.4. The van der Waals surface area contributed by atoms with Gasteiger partial charge in [0.25, 0.3) is 0 Å². The molecule has 0 aliphatic rings. The van der Waals surface area contributed by atoms with Crippen molar-refractivity contribution in [3.8, 4) is 17.2 Å². The van der Waals surface area contributed by atoms with Gasteiger partial charge in [0.1, 0.15) is 22.9 Å². The first-order valence-corrected chi connectivity index (χ1v) is 11.1. The van der Waals surface area contributed by atoms with Crippen LogP contribution in [0.2, 0.25) is 0 Å². The molecule has 0 bridgehead atoms. The van der Waals surface area contributed by atoms with Gasteiger partial charge in [-0.1, -0.05) is 54.6 Å². The van der Waals surface area contributed by atoms with E-state index in [2.05, 4.69) is 5.32 Å². The zero-order valence-electron chi connectivity index (χ0n) is 16.1. The van der Waals surface area contributed by atoms with E-state index in [1.807, 2.05) is 105 Å². The van der Waals surface area contributed by atoms with Gasteiger partial charge in [0.15, 0.2) is 0 Å². The summed E-state index contributed by atoms with van der Waals surface area (Å²) in [6.07, 6.45) is -0.250. The summed E-state index contributed by atoms with van der Waals surface area (Å²) in [7, 11) is -3.38. The fourth-order valence-corrected chi connectivity index (χ4v) is 5.30. The van der Waals surface area contributed by atoms with Crippen molar-refractivity contribution >= 4 is 8.80 Å². The van der Waals surface area contributed by atoms with Crippen molar-refractivity contribution in [2.24, 2.45) is 5.73 Å². The smallest absolute Gasteiger partial charge is 0.483 e. The topological polar surface area (TPSA) is 65.7 Å². The van der Waals surface area contributed by atoms with Crippen molar-refractivity contribution in [1.82, 2.24) is 5.32 Å². The van der Waals surface area contributed by atoms with Crippen molar-refractivity contribution in [3.63, 3.8) is 0 Å². The van der Waals surface area contributed by atoms with Gasteiger partial charge < -0.3 is 19.0 Å². The monoisotopic (exact) mass is 394 g/mol. The third-order valence-corrected chi connectivity index (χ3v) is 6.84. The number of hydrogen-bond donors (Lipinski definition) is 2. The fourth-order valence-electron chi connectivity index (χ4n) is 2.78. The summed E-state index contributed by atoms with van der Waals surface area (Å²) in [6, 6.07) is 28.7. The summed E-state index contributed by atoms with van der Waals surface area (Å²) < 4.78 is 19.3. The van der Waals surface area contributed by atoms with Crippen LogP contribution < -0.4 is 24.3 Å². The van der Waals surface area contributed by atoms with E-state index in [9.17, 15) is 0 Å². The number of para-hydroxylation sites is 3. The Morgan fingerprint density at radius 3 is 1.25 bits per heavy atom. The lowest BCUT2D eigenvalue weighted by molar-refractivity contribution is 0.234. The van der Waals surface area contributed by atoms with Gasteiger partial charge in [0, 0.05) is 0 Å². The highest BCUT2D eigenvalue weighted by Gasteiger charge is 2.55. The Labute approximate surface area is 167 Å². The molecule has 0 amide bonds. The van der Waals surface area contributed by atoms with Crippen molar-refractivity contribution in [2.75, 3.05) is 0 Å². The third kappa shape index (κ3) is 5.36. The van der Waals surface area contributed by atoms with E-state index in [0.29, 0.717) is 17.2 Å². The Balaban J connectivity index is 2.02. The lowest BCUT2D eigenvalue weighted by Gasteiger charge is -2.35. The lowest BCUT2D eigenvalue weighted by atomic mass is 10.3. The van der Waals surface area contributed by atoms with Crippen LogP contribution in [0.5, 0.6) is 17.2 Å². The molecule has 0 spiro atoms. The van der Waals surface area contributed by atoms with Crippen LogP contribution in [0.1, 0.15) is 13.8 Å². The summed E-state index contributed by atoms with van der Waals surface area (Å²) in [5.41, 5.74) is 5.74. The Hall–Kier alpha value is -2.80. The van der Waals surface area contributed by atoms with E-state index < -0.39 is 8.80 Å². The van der Waals surface area contributed by atoms with Crippen molar-refractivity contribution in [3.05, 3.63) is 91.0 Å². The van der Waals surface area contributed by atoms with Crippen LogP contribution in [-0.4, -0.2) is 20.6 Å². The standard InChI is InChI=1S/C22H26N2O3Si/c1-18(23)24-19(2)28(25-20-12-6-3-7-13-20,26-21-14-8-4-9-15-21)27-22-16-10-5-11-17-22/h3-19,24H,23H2,1-2H3. The minimum Gasteiger partial charge on any atom is -0.483 e. The quantitative estimate of drug-likeness (QED) is 0.424. The number of hydrogen-bond acceptors (Lipinski definition) is 5. The van der Waals surface area contributed by atoms with Crippen LogP contribution in [0.15, 0.2) is 91.0 Å². The van der Waals surface area contributed by atoms with Crippen molar-refractivity contribution in [2.45, 2.75) is 25.7 Å². The van der Waals surface area contributed by atoms with E-state index >= 15 is 0 Å². The molecule has 3 N–H and O–H groups in total. The molecular formula is C22H26N2O3Si. The number of rotatable bonds is 9. The van der Waals surface area contributed by atoms with Crippen molar-refractivity contribution in [1.29, 1.82) is 0 Å². The molecule has 0 aromatic heterocycles. The summed E-state index contributed by atoms with van der Waals surface area (Å²) in [4.78, 5) is 0. The predicted octanol–water partition coefficient (Wildman–Crippen LogP) is 3.98. The molecular weight excluding hydrogens is 368 g/mol. The maximum absolute atomic E-state index is 6.45. The van der Waals surface area contributed by atoms with Gasteiger partial charge in [0.05, 0.1) is 6.17 Å². The summed E-state index contributed by atoms with van der Waals surface area (Å²) in [6.45, 7) is 3.85. The van der Waals surface area contributed by atoms with Crippen LogP contribution in [-0.2, 0) is 0 Å². The first-order chi connectivity index (χ1) is 13.6. The van der Waals surface area contributed by atoms with E-state index in [1.54, 1.807) is 0 Å². The highest BCUT2D eigenvalue weighted by molar-refractivity contribution is 6.64. The third-order valence-electron chi connectivity index (χ3n) is 4.05. The molecule has 2 atom stereocenters. The van der Waals surface area contributed by atoms with Gasteiger partial charge >= 0.3 is 8.80 Å². The molecule has 0 fully saturated rings. The average Bonchev–Trinajstić information content (AvgIpc) is 2.69. The molecule has 0 aliphatic carbocycles. The van der Waals surface area contributed by atoms with Gasteiger partial charge in [-0.15, -0.1) is 0 Å². The first-order valence-electron chi connectivity index (χ1n) is 9.31. The minimum atomic E-state index is -3.38. The second kappa shape index (κ2) is 9.41. The fraction of sp³-hybridized carbons (Fsp3) is 0.182. The van der Waals surface area contributed by atoms with Gasteiger partial charge in [-0.3, -0.25) is 5.32 Å². The molecule has 3 aromatic rings. The van der Waals surface area contributed by atoms with Gasteiger partial charge in [0.2, 0.25) is 0 Å². The molecule has 0 heterocycles. The molecule has 6 heteroatoms. The predicted molar refractivity (Wildman–Crippen MR) is 113 cm³/mol. The summed E-state index contributed by atoms with van der Waals surface area (Å²) in [5, 5.41) is 3.31. The highest BCUT2D eigenvalue weighted by Crippen LogP contribution is 2.26. The molecule has 0 saturated carbocycles. The molecule has 0 saturated heterocycles. The molecule has 3 rings (SSSR count). The Bertz CT molecular complexity index is 731. The van der Waals surface area contributed by atoms with E-state index in [0.717, 1.165) is 0 Å². The van der Waals surface area contributed by atoms with Gasteiger partial charge in [-0.25, -0.2) is 0 Å². The Morgan fingerprint density at radius 2 is 0.964 bits per heavy atom. The van der Waals surface area contributed by atoms with Crippen LogP contribution in [0, 0.1) is 0 Å². The summed E-state index contributed by atoms with van der Waals surface area (Å²) >= 11 is 0. The second-order valence-corrected chi connectivity index (χ2v) is 9.21. The minimum absolute atomic E-state index is 0.250. The van der Waals surface area contributed by atoms with Crippen molar-refractivity contribution < 1.29 is 13.3 Å². The van der Waals surface area contributed by atoms with Crippen LogP contribution >= 0.6 is 0 Å². The van der Waals surface area contributed by atoms with Crippen LogP contribution in [0.4, 0.5) is 0 Å². The van der Waals surface area contributed by atoms with Crippen LogP contribution in [0.3, 0.4) is 0 Å². The number of benzene rings is 3. The molecule has 2 unspecified atom stereocenters. The zero-order chi connectivity index (χ0) is 19.8. The highest BCUT2D eigenvalue weighted by atomic mass is 28.4. The van der Waals surface area contributed by atoms with Crippen LogP contribution in [0.25, 0.3) is 0 Å². The van der Waals surface area contributed by atoms with Gasteiger partial charge in [-0.2, -0.15) is 0 Å². The molecule has 5 nitrogen and oxygen atoms in total. The van der Waals surface area contributed by atoms with Gasteiger partial charge in [-0.05, 0) is 50.2 Å². The van der Waals surface area contributed by atoms with E-state index in [1.165, 1.54) is 0 Å². The summed E-state index contributed by atoms with van der Waals surface area (Å²) in [5.74, 6) is 2.04. The number of nitrogens with two attached hydrogens (primary N) is 1. The first kappa shape index (κ1) is 19.9. The Morgan fingerprint density at radius 1 is 0.643 bits per heavy atom. The Kier molecular flexibility index (Phi) is 6.70. The zero-order valence-corrected chi connectivity index (χ0v) is 17.1. The molecule has 28 heavy (non-hydrogen) atoms. The average molecular weight is 395 g/mol. The molecule has 0 radical (unpaired) electrons. The lowest BCUT2D eigenvalue weighted by Crippen LogP contribution is -2.69. The van der Waals surface area contributed by atoms with E-state index in [-0.39, 0.29) is 11.8 Å². The molecule has 0 aliphatic heterocycles. The molecule has 3 aromatic carbocycles. The maximum Gasteiger partial charge on any atom is 0.717 e. The SMILES string of the molecule is CC(N)NC(C)[Si](Oc1ccccc1)(Oc1ccccc1)Oc1ccccc1. The number of nitrogens with one attached hydrogen (secondary N) is 1. The maximum atomic E-state index is 6.45. The second-order valence-electron chi connectivity index (χ2n) is 6.53.